The van der Waals surface area contributed by atoms with Gasteiger partial charge in [0.2, 0.25) is 0 Å². The Kier molecular flexibility index (Phi) is 7.87. The highest BCUT2D eigenvalue weighted by atomic mass is 32.2. The van der Waals surface area contributed by atoms with Gasteiger partial charge in [-0.2, -0.15) is 11.8 Å². The zero-order valence-electron chi connectivity index (χ0n) is 15.6. The number of fused-ring (bicyclic) bond motifs is 2. The molecule has 2 aliphatic heterocycles. The molecular weight excluding hydrogens is 344 g/mol. The predicted molar refractivity (Wildman–Crippen MR) is 108 cm³/mol. The molecule has 2 fully saturated rings. The van der Waals surface area contributed by atoms with E-state index in [4.69, 9.17) is 9.84 Å². The monoisotopic (exact) mass is 376 g/mol. The third kappa shape index (κ3) is 5.75. The van der Waals surface area contributed by atoms with E-state index < -0.39 is 5.97 Å². The van der Waals surface area contributed by atoms with Gasteiger partial charge >= 0.3 is 5.97 Å². The largest absolute Gasteiger partial charge is 0.481 e. The van der Waals surface area contributed by atoms with Crippen molar-refractivity contribution in [3.05, 3.63) is 35.9 Å². The van der Waals surface area contributed by atoms with Crippen LogP contribution in [0.3, 0.4) is 0 Å². The lowest BCUT2D eigenvalue weighted by molar-refractivity contribution is -0.137. The topological polar surface area (TPSA) is 46.5 Å². The van der Waals surface area contributed by atoms with Crippen LogP contribution in [0.5, 0.6) is 0 Å². The third-order valence-electron chi connectivity index (χ3n) is 5.96. The summed E-state index contributed by atoms with van der Waals surface area (Å²) in [5.74, 6) is 3.22. The lowest BCUT2D eigenvalue weighted by atomic mass is 9.77. The van der Waals surface area contributed by atoms with E-state index in [1.54, 1.807) is 0 Å². The molecule has 1 N–H and O–H groups in total. The summed E-state index contributed by atoms with van der Waals surface area (Å²) in [6.07, 6.45) is 10.5. The number of rotatable bonds is 12. The second-order valence-electron chi connectivity index (χ2n) is 7.78. The average Bonchev–Trinajstić information content (AvgIpc) is 3.24. The molecule has 4 heteroatoms. The first-order chi connectivity index (χ1) is 12.7. The molecule has 0 aromatic heterocycles. The quantitative estimate of drug-likeness (QED) is 0.511. The van der Waals surface area contributed by atoms with Crippen LogP contribution in [0.4, 0.5) is 0 Å². The van der Waals surface area contributed by atoms with Gasteiger partial charge in [-0.05, 0) is 61.0 Å². The molecule has 1 aromatic rings. The first kappa shape index (κ1) is 19.8. The van der Waals surface area contributed by atoms with Crippen LogP contribution in [0.1, 0.15) is 56.9 Å². The third-order valence-corrected chi connectivity index (χ3v) is 7.07. The van der Waals surface area contributed by atoms with Crippen LogP contribution in [-0.4, -0.2) is 34.8 Å². The highest BCUT2D eigenvalue weighted by Crippen LogP contribution is 2.46. The normalized spacial score (nSPS) is 27.1. The Morgan fingerprint density at radius 3 is 2.54 bits per heavy atom. The molecule has 1 aromatic carbocycles. The van der Waals surface area contributed by atoms with Gasteiger partial charge in [-0.15, -0.1) is 0 Å². The van der Waals surface area contributed by atoms with Gasteiger partial charge < -0.3 is 9.84 Å². The van der Waals surface area contributed by atoms with Crippen molar-refractivity contribution in [1.82, 2.24) is 0 Å². The molecule has 26 heavy (non-hydrogen) atoms. The van der Waals surface area contributed by atoms with Crippen LogP contribution in [0.15, 0.2) is 30.3 Å². The zero-order chi connectivity index (χ0) is 18.2. The molecular formula is C22H32O3S. The van der Waals surface area contributed by atoms with Crippen molar-refractivity contribution in [2.75, 3.05) is 11.5 Å². The van der Waals surface area contributed by atoms with Crippen molar-refractivity contribution in [1.29, 1.82) is 0 Å². The molecule has 0 radical (unpaired) electrons. The Labute approximate surface area is 161 Å². The Morgan fingerprint density at radius 2 is 1.77 bits per heavy atom. The van der Waals surface area contributed by atoms with E-state index in [0.717, 1.165) is 37.5 Å². The Morgan fingerprint density at radius 1 is 1.04 bits per heavy atom. The summed E-state index contributed by atoms with van der Waals surface area (Å²) in [7, 11) is 0. The molecule has 0 aliphatic carbocycles. The Balaban J connectivity index is 1.34. The number of carboxylic acids is 1. The van der Waals surface area contributed by atoms with Crippen molar-refractivity contribution in [3.63, 3.8) is 0 Å². The van der Waals surface area contributed by atoms with E-state index in [-0.39, 0.29) is 0 Å². The molecule has 0 saturated carbocycles. The molecule has 2 bridgehead atoms. The van der Waals surface area contributed by atoms with Crippen molar-refractivity contribution < 1.29 is 14.6 Å². The van der Waals surface area contributed by atoms with E-state index >= 15 is 0 Å². The van der Waals surface area contributed by atoms with Crippen LogP contribution in [0.25, 0.3) is 0 Å². The number of hydrogen-bond donors (Lipinski definition) is 1. The number of unbranched alkanes of at least 4 members (excludes halogenated alkanes) is 3. The molecule has 3 rings (SSSR count). The fraction of sp³-hybridized carbons (Fsp3) is 0.682. The van der Waals surface area contributed by atoms with E-state index in [2.05, 4.69) is 42.1 Å². The number of carboxylic acid groups (broad SMARTS) is 1. The minimum absolute atomic E-state index is 0.317. The first-order valence-corrected chi connectivity index (χ1v) is 11.4. The number of carbonyl (C=O) groups is 1. The maximum atomic E-state index is 10.6. The number of ether oxygens (including phenoxy) is 1. The van der Waals surface area contributed by atoms with Gasteiger partial charge in [0.15, 0.2) is 0 Å². The maximum absolute atomic E-state index is 10.6. The van der Waals surface area contributed by atoms with Gasteiger partial charge in [-0.25, -0.2) is 0 Å². The van der Waals surface area contributed by atoms with Gasteiger partial charge in [0.1, 0.15) is 0 Å². The Bertz CT molecular complexity index is 548. The van der Waals surface area contributed by atoms with Crippen LogP contribution in [0, 0.1) is 11.8 Å². The predicted octanol–water partition coefficient (Wildman–Crippen LogP) is 5.18. The summed E-state index contributed by atoms with van der Waals surface area (Å²) in [6.45, 7) is 0. The van der Waals surface area contributed by atoms with Gasteiger partial charge in [0.25, 0.3) is 0 Å². The minimum Gasteiger partial charge on any atom is -0.481 e. The molecule has 3 nitrogen and oxygen atoms in total. The average molecular weight is 377 g/mol. The zero-order valence-corrected chi connectivity index (χ0v) is 16.5. The first-order valence-electron chi connectivity index (χ1n) is 10.2. The molecule has 0 amide bonds. The number of thioether (sulfide) groups is 1. The summed E-state index contributed by atoms with van der Waals surface area (Å²) >= 11 is 2.09. The van der Waals surface area contributed by atoms with Crippen molar-refractivity contribution in [3.8, 4) is 0 Å². The fourth-order valence-electron chi connectivity index (χ4n) is 4.57. The second kappa shape index (κ2) is 10.4. The molecule has 2 aliphatic rings. The lowest BCUT2D eigenvalue weighted by Crippen LogP contribution is -2.29. The van der Waals surface area contributed by atoms with E-state index in [1.807, 2.05) is 0 Å². The van der Waals surface area contributed by atoms with E-state index in [9.17, 15) is 4.79 Å². The lowest BCUT2D eigenvalue weighted by Gasteiger charge is -2.28. The highest BCUT2D eigenvalue weighted by Gasteiger charge is 2.47. The fourth-order valence-corrected chi connectivity index (χ4v) is 5.85. The summed E-state index contributed by atoms with van der Waals surface area (Å²) in [4.78, 5) is 10.6. The Hall–Kier alpha value is -1.00. The van der Waals surface area contributed by atoms with E-state index in [0.29, 0.717) is 18.6 Å². The SMILES string of the molecule is O=C(O)CCCCCC[C@@H]1[C@H](CSCCc2ccccc2)[C@@H]2CC[C@H]1O2. The number of benzene rings is 1. The number of hydrogen-bond acceptors (Lipinski definition) is 3. The molecule has 2 saturated heterocycles. The van der Waals surface area contributed by atoms with Crippen LogP contribution in [-0.2, 0) is 16.0 Å². The van der Waals surface area contributed by atoms with Crippen LogP contribution < -0.4 is 0 Å². The van der Waals surface area contributed by atoms with Crippen molar-refractivity contribution >= 4 is 17.7 Å². The minimum atomic E-state index is -0.668. The van der Waals surface area contributed by atoms with Gasteiger partial charge in [0, 0.05) is 6.42 Å². The van der Waals surface area contributed by atoms with E-state index in [1.165, 1.54) is 42.8 Å². The van der Waals surface area contributed by atoms with Crippen molar-refractivity contribution in [2.45, 2.75) is 70.0 Å². The summed E-state index contributed by atoms with van der Waals surface area (Å²) in [5.41, 5.74) is 1.43. The second-order valence-corrected chi connectivity index (χ2v) is 8.93. The maximum Gasteiger partial charge on any atom is 0.303 e. The van der Waals surface area contributed by atoms with Gasteiger partial charge in [-0.1, -0.05) is 49.6 Å². The molecule has 4 atom stereocenters. The molecule has 144 valence electrons. The number of aliphatic carboxylic acids is 1. The van der Waals surface area contributed by atoms with Crippen LogP contribution in [0.2, 0.25) is 0 Å². The number of aryl methyl sites for hydroxylation is 1. The summed E-state index contributed by atoms with van der Waals surface area (Å²) in [6, 6.07) is 10.8. The highest BCUT2D eigenvalue weighted by molar-refractivity contribution is 7.99. The summed E-state index contributed by atoms with van der Waals surface area (Å²) in [5, 5.41) is 8.71. The van der Waals surface area contributed by atoms with Gasteiger partial charge in [0.05, 0.1) is 12.2 Å². The van der Waals surface area contributed by atoms with Crippen LogP contribution >= 0.6 is 11.8 Å². The smallest absolute Gasteiger partial charge is 0.303 e. The molecule has 0 spiro atoms. The summed E-state index contributed by atoms with van der Waals surface area (Å²) < 4.78 is 6.23. The standard InChI is InChI=1S/C22H32O3S/c23-22(24)11-7-2-1-6-10-18-19(21-13-12-20(18)25-21)16-26-15-14-17-8-4-3-5-9-17/h3-5,8-9,18-21H,1-2,6-7,10-16H2,(H,23,24)/t18-,19+,20-,21+/m1/s1. The van der Waals surface area contributed by atoms with Crippen molar-refractivity contribution in [2.24, 2.45) is 11.8 Å². The molecule has 0 unspecified atom stereocenters. The van der Waals surface area contributed by atoms with Gasteiger partial charge in [-0.3, -0.25) is 4.79 Å². The molecule has 2 heterocycles.